The number of carbonyl (C=O) groups excluding carboxylic acids is 1. The number of aromatic nitrogens is 4. The summed E-state index contributed by atoms with van der Waals surface area (Å²) in [6, 6.07) is 19.3. The van der Waals surface area contributed by atoms with Crippen LogP contribution >= 0.6 is 0 Å². The van der Waals surface area contributed by atoms with Crippen molar-refractivity contribution in [3.05, 3.63) is 96.8 Å². The predicted octanol–water partition coefficient (Wildman–Crippen LogP) is 4.58. The van der Waals surface area contributed by atoms with Gasteiger partial charge in [-0.05, 0) is 48.7 Å². The van der Waals surface area contributed by atoms with Crippen LogP contribution in [0, 0.1) is 0 Å². The van der Waals surface area contributed by atoms with Gasteiger partial charge in [-0.15, -0.1) is 0 Å². The molecule has 1 amide bonds. The number of amides is 1. The van der Waals surface area contributed by atoms with E-state index >= 15 is 0 Å². The van der Waals surface area contributed by atoms with Gasteiger partial charge in [0, 0.05) is 48.6 Å². The molecule has 7 heteroatoms. The second-order valence-corrected chi connectivity index (χ2v) is 8.01. The van der Waals surface area contributed by atoms with Gasteiger partial charge in [0.25, 0.3) is 0 Å². The van der Waals surface area contributed by atoms with Crippen LogP contribution in [-0.2, 0) is 11.2 Å². The lowest BCUT2D eigenvalue weighted by Crippen LogP contribution is -2.32. The van der Waals surface area contributed by atoms with Gasteiger partial charge < -0.3 is 10.2 Å². The van der Waals surface area contributed by atoms with E-state index in [4.69, 9.17) is 9.97 Å². The molecule has 1 aliphatic rings. The lowest BCUT2D eigenvalue weighted by Gasteiger charge is -2.24. The average Bonchev–Trinajstić information content (AvgIpc) is 3.36. The minimum atomic E-state index is -0.160. The molecular weight excluding hydrogens is 412 g/mol. The van der Waals surface area contributed by atoms with Crippen molar-refractivity contribution in [3.63, 3.8) is 0 Å². The minimum Gasteiger partial charge on any atom is -0.340 e. The molecule has 0 radical (unpaired) electrons. The van der Waals surface area contributed by atoms with E-state index in [1.54, 1.807) is 24.8 Å². The van der Waals surface area contributed by atoms with E-state index in [9.17, 15) is 4.79 Å². The molecule has 33 heavy (non-hydrogen) atoms. The molecule has 1 N–H and O–H groups in total. The van der Waals surface area contributed by atoms with E-state index in [-0.39, 0.29) is 11.9 Å². The van der Waals surface area contributed by atoms with Crippen molar-refractivity contribution in [2.24, 2.45) is 0 Å². The monoisotopic (exact) mass is 436 g/mol. The normalized spacial score (nSPS) is 15.4. The van der Waals surface area contributed by atoms with Gasteiger partial charge in [0.05, 0.1) is 18.2 Å². The van der Waals surface area contributed by atoms with E-state index in [0.717, 1.165) is 35.3 Å². The van der Waals surface area contributed by atoms with Crippen LogP contribution in [0.15, 0.2) is 85.5 Å². The number of para-hydroxylation sites is 1. The third-order valence-corrected chi connectivity index (χ3v) is 5.72. The van der Waals surface area contributed by atoms with E-state index in [1.165, 1.54) is 0 Å². The maximum atomic E-state index is 13.1. The molecule has 0 saturated carbocycles. The minimum absolute atomic E-state index is 0.0704. The van der Waals surface area contributed by atoms with Gasteiger partial charge in [-0.3, -0.25) is 14.8 Å². The summed E-state index contributed by atoms with van der Waals surface area (Å²) in [4.78, 5) is 33.0. The summed E-state index contributed by atoms with van der Waals surface area (Å²) in [6.45, 7) is 0.702. The molecule has 1 unspecified atom stereocenters. The molecule has 164 valence electrons. The molecule has 0 spiro atoms. The van der Waals surface area contributed by atoms with E-state index in [1.807, 2.05) is 65.6 Å². The van der Waals surface area contributed by atoms with Crippen molar-refractivity contribution in [3.8, 4) is 11.3 Å². The van der Waals surface area contributed by atoms with Crippen molar-refractivity contribution >= 4 is 17.4 Å². The van der Waals surface area contributed by atoms with Crippen molar-refractivity contribution in [1.29, 1.82) is 0 Å². The molecule has 4 aromatic rings. The Morgan fingerprint density at radius 2 is 1.82 bits per heavy atom. The van der Waals surface area contributed by atoms with Crippen molar-refractivity contribution in [2.45, 2.75) is 25.3 Å². The highest BCUT2D eigenvalue weighted by Gasteiger charge is 2.32. The number of hydrogen-bond donors (Lipinski definition) is 1. The lowest BCUT2D eigenvalue weighted by atomic mass is 10.1. The second kappa shape index (κ2) is 9.56. The van der Waals surface area contributed by atoms with Crippen LogP contribution in [0.1, 0.15) is 30.3 Å². The zero-order valence-electron chi connectivity index (χ0n) is 18.1. The van der Waals surface area contributed by atoms with Crippen LogP contribution in [0.4, 0.5) is 11.5 Å². The van der Waals surface area contributed by atoms with Crippen molar-refractivity contribution in [1.82, 2.24) is 24.8 Å². The standard InChI is InChI=1S/C26H24N6O/c33-25(16-19-6-4-12-28-18-19)32-15-5-9-23(32)26-30-22(20-10-13-27-14-11-20)17-24(31-26)29-21-7-2-1-3-8-21/h1-4,6-8,10-14,17-18,23H,5,9,15-16H2,(H,29,30,31). The van der Waals surface area contributed by atoms with Gasteiger partial charge in [-0.25, -0.2) is 9.97 Å². The van der Waals surface area contributed by atoms with Gasteiger partial charge >= 0.3 is 0 Å². The first-order valence-corrected chi connectivity index (χ1v) is 11.1. The molecule has 7 nitrogen and oxygen atoms in total. The Labute approximate surface area is 192 Å². The number of nitrogens with zero attached hydrogens (tertiary/aromatic N) is 5. The van der Waals surface area contributed by atoms with E-state index in [2.05, 4.69) is 15.3 Å². The van der Waals surface area contributed by atoms with Crippen LogP contribution in [0.3, 0.4) is 0 Å². The maximum Gasteiger partial charge on any atom is 0.227 e. The Kier molecular flexibility index (Phi) is 6.01. The smallest absolute Gasteiger partial charge is 0.227 e. The summed E-state index contributed by atoms with van der Waals surface area (Å²) >= 11 is 0. The van der Waals surface area contributed by atoms with E-state index in [0.29, 0.717) is 24.6 Å². The van der Waals surface area contributed by atoms with Crippen molar-refractivity contribution in [2.75, 3.05) is 11.9 Å². The summed E-state index contributed by atoms with van der Waals surface area (Å²) in [5.41, 5.74) is 3.60. The first-order valence-electron chi connectivity index (χ1n) is 11.1. The lowest BCUT2D eigenvalue weighted by molar-refractivity contribution is -0.131. The summed E-state index contributed by atoms with van der Waals surface area (Å²) in [5, 5.41) is 3.38. The molecule has 1 saturated heterocycles. The van der Waals surface area contributed by atoms with Crippen LogP contribution in [0.2, 0.25) is 0 Å². The summed E-state index contributed by atoms with van der Waals surface area (Å²) < 4.78 is 0. The fourth-order valence-corrected chi connectivity index (χ4v) is 4.13. The number of pyridine rings is 2. The average molecular weight is 437 g/mol. The number of hydrogen-bond acceptors (Lipinski definition) is 6. The molecular formula is C26H24N6O. The quantitative estimate of drug-likeness (QED) is 0.476. The highest BCUT2D eigenvalue weighted by atomic mass is 16.2. The molecule has 1 atom stereocenters. The Morgan fingerprint density at radius 1 is 0.970 bits per heavy atom. The highest BCUT2D eigenvalue weighted by Crippen LogP contribution is 2.33. The summed E-state index contributed by atoms with van der Waals surface area (Å²) in [7, 11) is 0. The molecule has 0 bridgehead atoms. The number of carbonyl (C=O) groups is 1. The Bertz CT molecular complexity index is 1220. The van der Waals surface area contributed by atoms with Gasteiger partial charge in [-0.2, -0.15) is 0 Å². The summed E-state index contributed by atoms with van der Waals surface area (Å²) in [5.74, 6) is 1.42. The fourth-order valence-electron chi connectivity index (χ4n) is 4.13. The Morgan fingerprint density at radius 3 is 2.61 bits per heavy atom. The van der Waals surface area contributed by atoms with Gasteiger partial charge in [0.15, 0.2) is 5.82 Å². The molecule has 4 heterocycles. The Balaban J connectivity index is 1.47. The van der Waals surface area contributed by atoms with Gasteiger partial charge in [-0.1, -0.05) is 24.3 Å². The van der Waals surface area contributed by atoms with Crippen LogP contribution in [-0.4, -0.2) is 37.3 Å². The zero-order valence-corrected chi connectivity index (χ0v) is 18.1. The highest BCUT2D eigenvalue weighted by molar-refractivity contribution is 5.79. The topological polar surface area (TPSA) is 83.9 Å². The third-order valence-electron chi connectivity index (χ3n) is 5.72. The maximum absolute atomic E-state index is 13.1. The SMILES string of the molecule is O=C(Cc1cccnc1)N1CCCC1c1nc(Nc2ccccc2)cc(-c2ccncc2)n1. The molecule has 0 aliphatic carbocycles. The third kappa shape index (κ3) is 4.87. The fraction of sp³-hybridized carbons (Fsp3) is 0.192. The first kappa shape index (κ1) is 20.8. The van der Waals surface area contributed by atoms with Crippen LogP contribution in [0.25, 0.3) is 11.3 Å². The first-order chi connectivity index (χ1) is 16.3. The number of benzene rings is 1. The molecule has 1 fully saturated rings. The van der Waals surface area contributed by atoms with Gasteiger partial charge in [0.2, 0.25) is 5.91 Å². The molecule has 5 rings (SSSR count). The number of likely N-dealkylation sites (tertiary alicyclic amines) is 1. The van der Waals surface area contributed by atoms with Crippen molar-refractivity contribution < 1.29 is 4.79 Å². The second-order valence-electron chi connectivity index (χ2n) is 8.01. The zero-order chi connectivity index (χ0) is 22.5. The predicted molar refractivity (Wildman–Crippen MR) is 127 cm³/mol. The molecule has 1 aliphatic heterocycles. The number of anilines is 2. The summed E-state index contributed by atoms with van der Waals surface area (Å²) in [6.07, 6.45) is 9.04. The van der Waals surface area contributed by atoms with Crippen LogP contribution in [0.5, 0.6) is 0 Å². The molecule has 1 aromatic carbocycles. The van der Waals surface area contributed by atoms with Gasteiger partial charge in [0.1, 0.15) is 5.82 Å². The number of rotatable bonds is 6. The van der Waals surface area contributed by atoms with Crippen LogP contribution < -0.4 is 5.32 Å². The van der Waals surface area contributed by atoms with E-state index < -0.39 is 0 Å². The molecule has 3 aromatic heterocycles. The number of nitrogens with one attached hydrogen (secondary N) is 1. The Hall–Kier alpha value is -4.13. The largest absolute Gasteiger partial charge is 0.340 e.